The fraction of sp³-hybridized carbons (Fsp3) is 0.176. The van der Waals surface area contributed by atoms with Crippen molar-refractivity contribution in [2.45, 2.75) is 13.8 Å². The van der Waals surface area contributed by atoms with Crippen molar-refractivity contribution in [2.75, 3.05) is 17.7 Å². The third-order valence-electron chi connectivity index (χ3n) is 3.75. The summed E-state index contributed by atoms with van der Waals surface area (Å²) in [5, 5.41) is 8.59. The molecule has 0 fully saturated rings. The Bertz CT molecular complexity index is 946. The van der Waals surface area contributed by atoms with E-state index >= 15 is 0 Å². The van der Waals surface area contributed by atoms with E-state index in [1.807, 2.05) is 0 Å². The summed E-state index contributed by atoms with van der Waals surface area (Å²) < 4.78 is 15.5. The first-order valence-electron chi connectivity index (χ1n) is 7.61. The molecule has 0 aliphatic carbocycles. The zero-order valence-corrected chi connectivity index (χ0v) is 14.3. The number of carbonyl (C=O) groups is 2. The largest absolute Gasteiger partial charge is 0.496 e. The number of amides is 2. The number of hydrogen-bond donors (Lipinski definition) is 2. The van der Waals surface area contributed by atoms with E-state index in [-0.39, 0.29) is 5.88 Å². The van der Waals surface area contributed by atoms with Gasteiger partial charge in [0.25, 0.3) is 0 Å². The summed E-state index contributed by atoms with van der Waals surface area (Å²) in [6.45, 7) is 3.46. The molecule has 0 bridgehead atoms. The van der Waals surface area contributed by atoms with Crippen LogP contribution in [0.2, 0.25) is 0 Å². The molecule has 1 aromatic carbocycles. The van der Waals surface area contributed by atoms with Crippen molar-refractivity contribution in [1.82, 2.24) is 10.1 Å². The number of carbonyl (C=O) groups excluding carboxylic acids is 2. The van der Waals surface area contributed by atoms with Crippen LogP contribution in [0.15, 0.2) is 39.7 Å². The molecular formula is C17H16N4O5. The lowest BCUT2D eigenvalue weighted by Gasteiger charge is -2.10. The van der Waals surface area contributed by atoms with Gasteiger partial charge in [0.2, 0.25) is 5.88 Å². The number of oxazole rings is 1. The summed E-state index contributed by atoms with van der Waals surface area (Å²) in [6, 6.07) is 4.89. The Morgan fingerprint density at radius 2 is 1.92 bits per heavy atom. The lowest BCUT2D eigenvalue weighted by molar-refractivity contribution is -0.133. The van der Waals surface area contributed by atoms with Gasteiger partial charge in [-0.15, -0.1) is 0 Å². The minimum Gasteiger partial charge on any atom is -0.496 e. The third kappa shape index (κ3) is 3.41. The van der Waals surface area contributed by atoms with Gasteiger partial charge in [-0.3, -0.25) is 14.9 Å². The maximum Gasteiger partial charge on any atom is 0.316 e. The molecule has 134 valence electrons. The Morgan fingerprint density at radius 1 is 1.15 bits per heavy atom. The second-order valence-electron chi connectivity index (χ2n) is 5.41. The molecule has 9 nitrogen and oxygen atoms in total. The highest BCUT2D eigenvalue weighted by molar-refractivity contribution is 6.43. The quantitative estimate of drug-likeness (QED) is 0.689. The molecule has 2 aromatic heterocycles. The Balaban J connectivity index is 1.73. The lowest BCUT2D eigenvalue weighted by Crippen LogP contribution is -2.29. The molecule has 2 heterocycles. The molecule has 0 atom stereocenters. The van der Waals surface area contributed by atoms with Crippen LogP contribution in [0.5, 0.6) is 5.75 Å². The zero-order valence-electron chi connectivity index (χ0n) is 14.3. The smallest absolute Gasteiger partial charge is 0.316 e. The molecule has 0 unspecified atom stereocenters. The van der Waals surface area contributed by atoms with Gasteiger partial charge in [-0.2, -0.15) is 0 Å². The van der Waals surface area contributed by atoms with Crippen LogP contribution >= 0.6 is 0 Å². The van der Waals surface area contributed by atoms with E-state index in [0.717, 1.165) is 0 Å². The van der Waals surface area contributed by atoms with Gasteiger partial charge in [0.05, 0.1) is 24.6 Å². The molecule has 0 saturated carbocycles. The number of nitrogens with zero attached hydrogens (tertiary/aromatic N) is 2. The molecule has 0 saturated heterocycles. The van der Waals surface area contributed by atoms with E-state index in [9.17, 15) is 9.59 Å². The minimum atomic E-state index is -0.873. The highest BCUT2D eigenvalue weighted by Gasteiger charge is 2.19. The summed E-state index contributed by atoms with van der Waals surface area (Å²) in [5.74, 6) is -0.605. The van der Waals surface area contributed by atoms with Crippen molar-refractivity contribution >= 4 is 23.4 Å². The van der Waals surface area contributed by atoms with Gasteiger partial charge in [-0.05, 0) is 26.0 Å². The number of nitrogens with one attached hydrogen (secondary N) is 2. The Morgan fingerprint density at radius 3 is 2.54 bits per heavy atom. The summed E-state index contributed by atoms with van der Waals surface area (Å²) in [5.41, 5.74) is 2.34. The summed E-state index contributed by atoms with van der Waals surface area (Å²) in [4.78, 5) is 28.0. The van der Waals surface area contributed by atoms with Crippen molar-refractivity contribution in [1.29, 1.82) is 0 Å². The fourth-order valence-corrected chi connectivity index (χ4v) is 2.20. The first-order chi connectivity index (χ1) is 12.5. The van der Waals surface area contributed by atoms with Gasteiger partial charge in [0.1, 0.15) is 5.75 Å². The van der Waals surface area contributed by atoms with Gasteiger partial charge in [0, 0.05) is 17.3 Å². The van der Waals surface area contributed by atoms with Crippen molar-refractivity contribution in [3.05, 3.63) is 42.0 Å². The molecule has 26 heavy (non-hydrogen) atoms. The topological polar surface area (TPSA) is 119 Å². The SMILES string of the molecule is COc1cc(NC(=O)C(=O)Nc2onc(C)c2C)ccc1-c1cnco1. The van der Waals surface area contributed by atoms with Crippen molar-refractivity contribution in [2.24, 2.45) is 0 Å². The van der Waals surface area contributed by atoms with Crippen molar-refractivity contribution < 1.29 is 23.3 Å². The predicted octanol–water partition coefficient (Wildman–Crippen LogP) is 2.53. The third-order valence-corrected chi connectivity index (χ3v) is 3.75. The molecular weight excluding hydrogens is 340 g/mol. The van der Waals surface area contributed by atoms with Crippen molar-refractivity contribution in [3.8, 4) is 17.1 Å². The Hall–Kier alpha value is -3.62. The highest BCUT2D eigenvalue weighted by atomic mass is 16.5. The first kappa shape index (κ1) is 17.2. The molecule has 9 heteroatoms. The highest BCUT2D eigenvalue weighted by Crippen LogP contribution is 2.32. The number of aryl methyl sites for hydroxylation is 1. The molecule has 2 amide bonds. The Kier molecular flexibility index (Phi) is 4.70. The van der Waals surface area contributed by atoms with Crippen LogP contribution < -0.4 is 15.4 Å². The van der Waals surface area contributed by atoms with E-state index in [0.29, 0.717) is 34.0 Å². The molecule has 0 aliphatic heterocycles. The number of ether oxygens (including phenoxy) is 1. The number of methoxy groups -OCH3 is 1. The van der Waals surface area contributed by atoms with E-state index in [1.54, 1.807) is 38.2 Å². The van der Waals surface area contributed by atoms with Crippen LogP contribution in [-0.2, 0) is 9.59 Å². The van der Waals surface area contributed by atoms with Crippen LogP contribution in [0.4, 0.5) is 11.6 Å². The predicted molar refractivity (Wildman–Crippen MR) is 91.7 cm³/mol. The van der Waals surface area contributed by atoms with Gasteiger partial charge >= 0.3 is 11.8 Å². The summed E-state index contributed by atoms with van der Waals surface area (Å²) in [7, 11) is 1.49. The van der Waals surface area contributed by atoms with Gasteiger partial charge in [0.15, 0.2) is 12.2 Å². The number of benzene rings is 1. The average Bonchev–Trinajstić information content (AvgIpc) is 3.27. The van der Waals surface area contributed by atoms with Crippen LogP contribution in [-0.4, -0.2) is 29.1 Å². The van der Waals surface area contributed by atoms with Crippen LogP contribution in [0, 0.1) is 13.8 Å². The molecule has 3 rings (SSSR count). The zero-order chi connectivity index (χ0) is 18.7. The standard InChI is InChI=1S/C17H16N4O5/c1-9-10(2)21-26-17(9)20-16(23)15(22)19-11-4-5-12(13(6-11)24-3)14-7-18-8-25-14/h4-8H,1-3H3,(H,19,22)(H,20,23). The van der Waals surface area contributed by atoms with Gasteiger partial charge < -0.3 is 19.0 Å². The Labute approximate surface area is 148 Å². The monoisotopic (exact) mass is 356 g/mol. The molecule has 2 N–H and O–H groups in total. The number of anilines is 2. The first-order valence-corrected chi connectivity index (χ1v) is 7.61. The molecule has 3 aromatic rings. The van der Waals surface area contributed by atoms with Gasteiger partial charge in [-0.25, -0.2) is 4.98 Å². The van der Waals surface area contributed by atoms with Gasteiger partial charge in [-0.1, -0.05) is 5.16 Å². The van der Waals surface area contributed by atoms with Crippen LogP contribution in [0.1, 0.15) is 11.3 Å². The number of aromatic nitrogens is 2. The second-order valence-corrected chi connectivity index (χ2v) is 5.41. The van der Waals surface area contributed by atoms with E-state index in [1.165, 1.54) is 13.5 Å². The van der Waals surface area contributed by atoms with Crippen molar-refractivity contribution in [3.63, 3.8) is 0 Å². The van der Waals surface area contributed by atoms with E-state index in [4.69, 9.17) is 13.7 Å². The second kappa shape index (κ2) is 7.09. The summed E-state index contributed by atoms with van der Waals surface area (Å²) in [6.07, 6.45) is 2.85. The van der Waals surface area contributed by atoms with Crippen LogP contribution in [0.25, 0.3) is 11.3 Å². The molecule has 0 spiro atoms. The average molecular weight is 356 g/mol. The molecule has 0 aliphatic rings. The molecule has 0 radical (unpaired) electrons. The number of rotatable bonds is 4. The number of hydrogen-bond acceptors (Lipinski definition) is 7. The maximum atomic E-state index is 12.1. The lowest BCUT2D eigenvalue weighted by atomic mass is 10.1. The minimum absolute atomic E-state index is 0.140. The maximum absolute atomic E-state index is 12.1. The van der Waals surface area contributed by atoms with Crippen LogP contribution in [0.3, 0.4) is 0 Å². The van der Waals surface area contributed by atoms with E-state index in [2.05, 4.69) is 20.8 Å². The normalized spacial score (nSPS) is 10.4. The summed E-state index contributed by atoms with van der Waals surface area (Å²) >= 11 is 0. The fourth-order valence-electron chi connectivity index (χ4n) is 2.20. The van der Waals surface area contributed by atoms with E-state index < -0.39 is 11.8 Å².